The maximum atomic E-state index is 12.2. The van der Waals surface area contributed by atoms with Gasteiger partial charge in [-0.1, -0.05) is 11.6 Å². The molecular formula is C11H10BrClN2O2S2. The van der Waals surface area contributed by atoms with Crippen LogP contribution in [0.4, 0.5) is 5.69 Å². The summed E-state index contributed by atoms with van der Waals surface area (Å²) in [5, 5.41) is 4.04. The predicted octanol–water partition coefficient (Wildman–Crippen LogP) is 3.22. The number of nitrogens with one attached hydrogen (secondary N) is 1. The lowest BCUT2D eigenvalue weighted by molar-refractivity contribution is 0.581. The Kier molecular flexibility index (Phi) is 4.52. The van der Waals surface area contributed by atoms with Gasteiger partial charge in [0, 0.05) is 17.3 Å². The number of hydrogen-bond acceptors (Lipinski definition) is 4. The number of nitrogens with two attached hydrogens (primary N) is 1. The Balaban J connectivity index is 2.29. The average molecular weight is 382 g/mol. The van der Waals surface area contributed by atoms with E-state index in [-0.39, 0.29) is 22.2 Å². The van der Waals surface area contributed by atoms with Crippen molar-refractivity contribution in [1.29, 1.82) is 0 Å². The SMILES string of the molecule is Nc1cc(Cl)cc(S(=O)(=O)NCc2ccsc2)c1Br. The van der Waals surface area contributed by atoms with E-state index < -0.39 is 10.0 Å². The minimum Gasteiger partial charge on any atom is -0.398 e. The zero-order valence-corrected chi connectivity index (χ0v) is 13.5. The molecule has 2 rings (SSSR count). The first-order valence-corrected chi connectivity index (χ1v) is 8.75. The maximum Gasteiger partial charge on any atom is 0.242 e. The zero-order valence-electron chi connectivity index (χ0n) is 9.56. The first-order valence-electron chi connectivity index (χ1n) is 5.15. The second-order valence-electron chi connectivity index (χ2n) is 3.76. The number of hydrogen-bond donors (Lipinski definition) is 2. The first kappa shape index (κ1) is 14.8. The highest BCUT2D eigenvalue weighted by molar-refractivity contribution is 9.10. The van der Waals surface area contributed by atoms with Crippen LogP contribution in [0.5, 0.6) is 0 Å². The summed E-state index contributed by atoms with van der Waals surface area (Å²) in [4.78, 5) is 0.0349. The normalized spacial score (nSPS) is 11.7. The molecule has 19 heavy (non-hydrogen) atoms. The minimum atomic E-state index is -3.67. The second-order valence-corrected chi connectivity index (χ2v) is 7.51. The Morgan fingerprint density at radius 2 is 2.16 bits per heavy atom. The lowest BCUT2D eigenvalue weighted by atomic mass is 10.3. The van der Waals surface area contributed by atoms with Gasteiger partial charge in [-0.25, -0.2) is 13.1 Å². The molecule has 2 aromatic rings. The monoisotopic (exact) mass is 380 g/mol. The molecule has 0 saturated heterocycles. The zero-order chi connectivity index (χ0) is 14.0. The number of sulfonamides is 1. The lowest BCUT2D eigenvalue weighted by Crippen LogP contribution is -2.23. The standard InChI is InChI=1S/C11H10BrClN2O2S2/c12-11-9(14)3-8(13)4-10(11)19(16,17)15-5-7-1-2-18-6-7/h1-4,6,15H,5,14H2. The molecule has 102 valence electrons. The van der Waals surface area contributed by atoms with Crippen LogP contribution in [0.3, 0.4) is 0 Å². The second kappa shape index (κ2) is 5.80. The largest absolute Gasteiger partial charge is 0.398 e. The Morgan fingerprint density at radius 1 is 1.42 bits per heavy atom. The topological polar surface area (TPSA) is 72.2 Å². The minimum absolute atomic E-state index is 0.0349. The fraction of sp³-hybridized carbons (Fsp3) is 0.0909. The van der Waals surface area contributed by atoms with E-state index in [9.17, 15) is 8.42 Å². The summed E-state index contributed by atoms with van der Waals surface area (Å²) in [5.74, 6) is 0. The highest BCUT2D eigenvalue weighted by atomic mass is 79.9. The highest BCUT2D eigenvalue weighted by Gasteiger charge is 2.20. The van der Waals surface area contributed by atoms with Crippen LogP contribution in [0, 0.1) is 0 Å². The van der Waals surface area contributed by atoms with E-state index >= 15 is 0 Å². The molecular weight excluding hydrogens is 372 g/mol. The van der Waals surface area contributed by atoms with E-state index in [4.69, 9.17) is 17.3 Å². The fourth-order valence-corrected chi connectivity index (χ4v) is 4.41. The summed E-state index contributed by atoms with van der Waals surface area (Å²) >= 11 is 10.5. The molecule has 4 nitrogen and oxygen atoms in total. The summed E-state index contributed by atoms with van der Waals surface area (Å²) in [6, 6.07) is 4.70. The molecule has 1 heterocycles. The molecule has 0 fully saturated rings. The first-order chi connectivity index (χ1) is 8.90. The molecule has 0 radical (unpaired) electrons. The number of anilines is 1. The smallest absolute Gasteiger partial charge is 0.242 e. The number of rotatable bonds is 4. The van der Waals surface area contributed by atoms with E-state index in [2.05, 4.69) is 20.7 Å². The lowest BCUT2D eigenvalue weighted by Gasteiger charge is -2.10. The Labute approximate surface area is 128 Å². The van der Waals surface area contributed by atoms with Gasteiger partial charge in [-0.15, -0.1) is 0 Å². The van der Waals surface area contributed by atoms with Gasteiger partial charge in [-0.05, 0) is 50.5 Å². The van der Waals surface area contributed by atoms with E-state index in [0.717, 1.165) is 5.56 Å². The van der Waals surface area contributed by atoms with Gasteiger partial charge in [-0.3, -0.25) is 0 Å². The molecule has 3 N–H and O–H groups in total. The van der Waals surface area contributed by atoms with Crippen molar-refractivity contribution >= 4 is 54.6 Å². The molecule has 0 atom stereocenters. The molecule has 1 aromatic heterocycles. The average Bonchev–Trinajstić information content (AvgIpc) is 2.84. The van der Waals surface area contributed by atoms with E-state index in [1.807, 2.05) is 16.8 Å². The molecule has 0 aliphatic carbocycles. The summed E-state index contributed by atoms with van der Waals surface area (Å²) in [6.07, 6.45) is 0. The van der Waals surface area contributed by atoms with Gasteiger partial charge in [0.2, 0.25) is 10.0 Å². The van der Waals surface area contributed by atoms with E-state index in [0.29, 0.717) is 4.47 Å². The maximum absolute atomic E-state index is 12.2. The molecule has 0 amide bonds. The van der Waals surface area contributed by atoms with Gasteiger partial charge in [0.15, 0.2) is 0 Å². The third-order valence-corrected chi connectivity index (χ3v) is 5.89. The molecule has 0 saturated carbocycles. The third-order valence-electron chi connectivity index (χ3n) is 2.37. The van der Waals surface area contributed by atoms with Crippen molar-refractivity contribution in [2.45, 2.75) is 11.4 Å². The van der Waals surface area contributed by atoms with Crippen molar-refractivity contribution in [3.8, 4) is 0 Å². The van der Waals surface area contributed by atoms with Crippen molar-refractivity contribution in [3.05, 3.63) is 44.0 Å². The Hall–Kier alpha value is -0.600. The van der Waals surface area contributed by atoms with Crippen molar-refractivity contribution < 1.29 is 8.42 Å². The Bertz CT molecular complexity index is 687. The molecule has 0 spiro atoms. The van der Waals surface area contributed by atoms with Crippen LogP contribution < -0.4 is 10.5 Å². The molecule has 0 unspecified atom stereocenters. The van der Waals surface area contributed by atoms with Crippen LogP contribution in [0.15, 0.2) is 38.3 Å². The van der Waals surface area contributed by atoms with Gasteiger partial charge in [0.1, 0.15) is 0 Å². The molecule has 0 bridgehead atoms. The fourth-order valence-electron chi connectivity index (χ4n) is 1.43. The molecule has 0 aliphatic rings. The Morgan fingerprint density at radius 3 is 2.79 bits per heavy atom. The summed E-state index contributed by atoms with van der Waals surface area (Å²) in [6.45, 7) is 0.227. The molecule has 1 aromatic carbocycles. The number of benzene rings is 1. The van der Waals surface area contributed by atoms with E-state index in [1.165, 1.54) is 23.5 Å². The van der Waals surface area contributed by atoms with Crippen LogP contribution in [0.2, 0.25) is 5.02 Å². The molecule has 0 aliphatic heterocycles. The number of nitrogen functional groups attached to an aromatic ring is 1. The predicted molar refractivity (Wildman–Crippen MR) is 81.9 cm³/mol. The summed E-state index contributed by atoms with van der Waals surface area (Å²) < 4.78 is 27.2. The van der Waals surface area contributed by atoms with Crippen LogP contribution in [0.1, 0.15) is 5.56 Å². The highest BCUT2D eigenvalue weighted by Crippen LogP contribution is 2.31. The van der Waals surface area contributed by atoms with Crippen molar-refractivity contribution in [1.82, 2.24) is 4.72 Å². The van der Waals surface area contributed by atoms with Crippen LogP contribution in [-0.4, -0.2) is 8.42 Å². The van der Waals surface area contributed by atoms with Gasteiger partial charge >= 0.3 is 0 Å². The van der Waals surface area contributed by atoms with Crippen molar-refractivity contribution in [3.63, 3.8) is 0 Å². The third kappa shape index (κ3) is 3.49. The number of thiophene rings is 1. The molecule has 8 heteroatoms. The van der Waals surface area contributed by atoms with Gasteiger partial charge in [0.05, 0.1) is 9.37 Å². The van der Waals surface area contributed by atoms with Crippen LogP contribution >= 0.6 is 38.9 Å². The van der Waals surface area contributed by atoms with Gasteiger partial charge in [0.25, 0.3) is 0 Å². The quantitative estimate of drug-likeness (QED) is 0.799. The summed E-state index contributed by atoms with van der Waals surface area (Å²) in [5.41, 5.74) is 6.87. The van der Waals surface area contributed by atoms with Crippen molar-refractivity contribution in [2.75, 3.05) is 5.73 Å². The van der Waals surface area contributed by atoms with Gasteiger partial charge < -0.3 is 5.73 Å². The van der Waals surface area contributed by atoms with E-state index in [1.54, 1.807) is 0 Å². The summed E-state index contributed by atoms with van der Waals surface area (Å²) in [7, 11) is -3.67. The van der Waals surface area contributed by atoms with Crippen LogP contribution in [-0.2, 0) is 16.6 Å². The van der Waals surface area contributed by atoms with Gasteiger partial charge in [-0.2, -0.15) is 11.3 Å². The van der Waals surface area contributed by atoms with Crippen molar-refractivity contribution in [2.24, 2.45) is 0 Å². The van der Waals surface area contributed by atoms with Crippen LogP contribution in [0.25, 0.3) is 0 Å². The number of halogens is 2.